The minimum atomic E-state index is -1.12. The molecule has 0 aliphatic heterocycles. The number of azo groups is 1. The molecule has 0 aliphatic carbocycles. The maximum atomic E-state index is 12.9. The molecule has 7 heteroatoms. The summed E-state index contributed by atoms with van der Waals surface area (Å²) in [5, 5.41) is 10.2. The summed E-state index contributed by atoms with van der Waals surface area (Å²) < 4.78 is 25.7. The van der Waals surface area contributed by atoms with E-state index in [0.29, 0.717) is 11.4 Å². The van der Waals surface area contributed by atoms with Crippen LogP contribution < -0.4 is 5.32 Å². The first-order valence-electron chi connectivity index (χ1n) is 5.04. The average molecular weight is 249 g/mol. The fourth-order valence-electron chi connectivity index (χ4n) is 1.36. The minimum Gasteiger partial charge on any atom is -0.340 e. The van der Waals surface area contributed by atoms with Gasteiger partial charge in [-0.05, 0) is 18.2 Å². The summed E-state index contributed by atoms with van der Waals surface area (Å²) in [5.41, 5.74) is 1.22. The van der Waals surface area contributed by atoms with Crippen LogP contribution in [0.2, 0.25) is 0 Å². The van der Waals surface area contributed by atoms with Gasteiger partial charge in [0.25, 0.3) is 0 Å². The molecule has 0 aliphatic rings. The molecular weight excluding hydrogens is 240 g/mol. The van der Waals surface area contributed by atoms with Gasteiger partial charge in [-0.15, -0.1) is 0 Å². The van der Waals surface area contributed by atoms with Crippen molar-refractivity contribution in [1.82, 2.24) is 9.97 Å². The first-order chi connectivity index (χ1) is 8.67. The molecule has 0 saturated heterocycles. The predicted molar refractivity (Wildman–Crippen MR) is 62.1 cm³/mol. The number of benzene rings is 1. The normalized spacial score (nSPS) is 10.8. The van der Waals surface area contributed by atoms with E-state index in [1.165, 1.54) is 0 Å². The SMILES string of the molecule is CN=Nc1cccc(Nc2cc(F)nc(F)n2)c1. The smallest absolute Gasteiger partial charge is 0.313 e. The second-order valence-electron chi connectivity index (χ2n) is 3.32. The molecule has 0 spiro atoms. The fraction of sp³-hybridized carbons (Fsp3) is 0.0909. The van der Waals surface area contributed by atoms with E-state index >= 15 is 0 Å². The van der Waals surface area contributed by atoms with Crippen LogP contribution in [-0.4, -0.2) is 17.0 Å². The molecule has 0 radical (unpaired) electrons. The molecule has 1 aromatic carbocycles. The molecule has 1 aromatic heterocycles. The lowest BCUT2D eigenvalue weighted by atomic mass is 10.3. The van der Waals surface area contributed by atoms with Crippen LogP contribution in [0.5, 0.6) is 0 Å². The van der Waals surface area contributed by atoms with Crippen molar-refractivity contribution >= 4 is 17.2 Å². The Morgan fingerprint density at radius 1 is 1.17 bits per heavy atom. The number of nitrogens with zero attached hydrogens (tertiary/aromatic N) is 4. The van der Waals surface area contributed by atoms with Gasteiger partial charge in [0.1, 0.15) is 5.82 Å². The Kier molecular flexibility index (Phi) is 3.52. The van der Waals surface area contributed by atoms with Crippen LogP contribution in [0.25, 0.3) is 0 Å². The predicted octanol–water partition coefficient (Wildman–Crippen LogP) is 3.21. The Morgan fingerprint density at radius 2 is 2.00 bits per heavy atom. The molecule has 5 nitrogen and oxygen atoms in total. The van der Waals surface area contributed by atoms with Crippen LogP contribution in [0.3, 0.4) is 0 Å². The first kappa shape index (κ1) is 12.0. The van der Waals surface area contributed by atoms with Gasteiger partial charge in [0.15, 0.2) is 0 Å². The van der Waals surface area contributed by atoms with E-state index in [-0.39, 0.29) is 5.82 Å². The largest absolute Gasteiger partial charge is 0.340 e. The highest BCUT2D eigenvalue weighted by Crippen LogP contribution is 2.21. The number of nitrogens with one attached hydrogen (secondary N) is 1. The van der Waals surface area contributed by atoms with E-state index in [2.05, 4.69) is 25.5 Å². The second-order valence-corrected chi connectivity index (χ2v) is 3.32. The quantitative estimate of drug-likeness (QED) is 0.516. The lowest BCUT2D eigenvalue weighted by Crippen LogP contribution is -1.99. The highest BCUT2D eigenvalue weighted by molar-refractivity contribution is 5.60. The Bertz CT molecular complexity index is 565. The molecule has 0 fully saturated rings. The van der Waals surface area contributed by atoms with E-state index in [0.717, 1.165) is 6.07 Å². The summed E-state index contributed by atoms with van der Waals surface area (Å²) in [6.07, 6.45) is -1.12. The van der Waals surface area contributed by atoms with Crippen LogP contribution in [-0.2, 0) is 0 Å². The van der Waals surface area contributed by atoms with Gasteiger partial charge in [0.05, 0.1) is 5.69 Å². The molecule has 0 amide bonds. The summed E-state index contributed by atoms with van der Waals surface area (Å²) in [7, 11) is 1.55. The molecule has 0 bridgehead atoms. The van der Waals surface area contributed by atoms with Crippen molar-refractivity contribution in [1.29, 1.82) is 0 Å². The summed E-state index contributed by atoms with van der Waals surface area (Å²) >= 11 is 0. The van der Waals surface area contributed by atoms with Gasteiger partial charge in [0, 0.05) is 18.8 Å². The van der Waals surface area contributed by atoms with Crippen molar-refractivity contribution in [3.63, 3.8) is 0 Å². The van der Waals surface area contributed by atoms with Gasteiger partial charge < -0.3 is 5.32 Å². The van der Waals surface area contributed by atoms with Crippen LogP contribution in [0.15, 0.2) is 40.6 Å². The maximum absolute atomic E-state index is 12.9. The number of halogens is 2. The highest BCUT2D eigenvalue weighted by Gasteiger charge is 2.04. The van der Waals surface area contributed by atoms with Crippen LogP contribution in [0.4, 0.5) is 26.0 Å². The molecule has 2 aromatic rings. The zero-order valence-electron chi connectivity index (χ0n) is 9.43. The number of aromatic nitrogens is 2. The van der Waals surface area contributed by atoms with Crippen LogP contribution in [0.1, 0.15) is 0 Å². The maximum Gasteiger partial charge on any atom is 0.313 e. The standard InChI is InChI=1S/C11H9F2N5/c1-14-18-8-4-2-3-7(5-8)15-10-6-9(12)16-11(13)17-10/h2-6H,1H3,(H,15,16,17). The molecule has 18 heavy (non-hydrogen) atoms. The number of rotatable bonds is 3. The molecule has 1 N–H and O–H groups in total. The summed E-state index contributed by atoms with van der Waals surface area (Å²) in [6, 6.07) is 7.87. The topological polar surface area (TPSA) is 62.5 Å². The van der Waals surface area contributed by atoms with Crippen LogP contribution >= 0.6 is 0 Å². The number of anilines is 2. The Hall–Kier alpha value is -2.44. The van der Waals surface area contributed by atoms with Gasteiger partial charge in [-0.3, -0.25) is 0 Å². The van der Waals surface area contributed by atoms with E-state index in [1.807, 2.05) is 0 Å². The zero-order chi connectivity index (χ0) is 13.0. The van der Waals surface area contributed by atoms with Crippen LogP contribution in [0, 0.1) is 12.0 Å². The van der Waals surface area contributed by atoms with Crippen molar-refractivity contribution in [3.05, 3.63) is 42.4 Å². The lowest BCUT2D eigenvalue weighted by molar-refractivity contribution is 0.485. The molecule has 0 unspecified atom stereocenters. The van der Waals surface area contributed by atoms with Gasteiger partial charge >= 0.3 is 6.08 Å². The van der Waals surface area contributed by atoms with Gasteiger partial charge in [-0.25, -0.2) is 0 Å². The van der Waals surface area contributed by atoms with Crippen molar-refractivity contribution < 1.29 is 8.78 Å². The fourth-order valence-corrected chi connectivity index (χ4v) is 1.36. The first-order valence-corrected chi connectivity index (χ1v) is 5.04. The Balaban J connectivity index is 2.25. The highest BCUT2D eigenvalue weighted by atomic mass is 19.1. The molecule has 92 valence electrons. The molecular formula is C11H9F2N5. The summed E-state index contributed by atoms with van der Waals surface area (Å²) in [5.74, 6) is -0.903. The third kappa shape index (κ3) is 3.03. The van der Waals surface area contributed by atoms with Crippen molar-refractivity contribution in [2.45, 2.75) is 0 Å². The van der Waals surface area contributed by atoms with Crippen molar-refractivity contribution in [3.8, 4) is 0 Å². The van der Waals surface area contributed by atoms with E-state index in [1.54, 1.807) is 31.3 Å². The number of hydrogen-bond donors (Lipinski definition) is 1. The van der Waals surface area contributed by atoms with Gasteiger partial charge in [-0.1, -0.05) is 6.07 Å². The average Bonchev–Trinajstić information content (AvgIpc) is 2.28. The monoisotopic (exact) mass is 249 g/mol. The Morgan fingerprint density at radius 3 is 2.72 bits per heavy atom. The summed E-state index contributed by atoms with van der Waals surface area (Å²) in [6.45, 7) is 0. The molecule has 0 saturated carbocycles. The van der Waals surface area contributed by atoms with E-state index in [9.17, 15) is 8.78 Å². The lowest BCUT2D eigenvalue weighted by Gasteiger charge is -2.05. The van der Waals surface area contributed by atoms with Crippen molar-refractivity contribution in [2.24, 2.45) is 10.2 Å². The van der Waals surface area contributed by atoms with Gasteiger partial charge in [-0.2, -0.15) is 29.0 Å². The van der Waals surface area contributed by atoms with E-state index in [4.69, 9.17) is 0 Å². The zero-order valence-corrected chi connectivity index (χ0v) is 9.43. The van der Waals surface area contributed by atoms with E-state index < -0.39 is 12.0 Å². The summed E-state index contributed by atoms with van der Waals surface area (Å²) in [4.78, 5) is 6.33. The van der Waals surface area contributed by atoms with Crippen molar-refractivity contribution in [2.75, 3.05) is 12.4 Å². The third-order valence-corrected chi connectivity index (χ3v) is 2.00. The van der Waals surface area contributed by atoms with Gasteiger partial charge in [0.2, 0.25) is 5.95 Å². The Labute approximate surface area is 102 Å². The third-order valence-electron chi connectivity index (χ3n) is 2.00. The molecule has 2 rings (SSSR count). The molecule has 0 atom stereocenters. The molecule has 1 heterocycles. The second kappa shape index (κ2) is 5.26. The minimum absolute atomic E-state index is 0.0330. The number of hydrogen-bond acceptors (Lipinski definition) is 5.